The maximum Gasteiger partial charge on any atom is 0.183 e. The molecule has 18 heavy (non-hydrogen) atoms. The first-order valence-corrected chi connectivity index (χ1v) is 8.52. The SMILES string of the molecule is CCS(=O)(=O)CCNc1nc2ccc(Cl)cc2s1. The number of hydrogen-bond donors (Lipinski definition) is 1. The van der Waals surface area contributed by atoms with Crippen LogP contribution in [-0.2, 0) is 9.84 Å². The maximum absolute atomic E-state index is 11.3. The molecular formula is C11H13ClN2O2S2. The quantitative estimate of drug-likeness (QED) is 0.923. The van der Waals surface area contributed by atoms with Crippen LogP contribution in [0.2, 0.25) is 5.02 Å². The van der Waals surface area contributed by atoms with E-state index in [1.807, 2.05) is 12.1 Å². The number of benzene rings is 1. The summed E-state index contributed by atoms with van der Waals surface area (Å²) in [5.74, 6) is 0.296. The first-order chi connectivity index (χ1) is 8.50. The van der Waals surface area contributed by atoms with Crippen LogP contribution in [0, 0.1) is 0 Å². The molecule has 0 unspecified atom stereocenters. The van der Waals surface area contributed by atoms with Crippen molar-refractivity contribution in [2.45, 2.75) is 6.92 Å². The monoisotopic (exact) mass is 304 g/mol. The number of sulfone groups is 1. The van der Waals surface area contributed by atoms with Gasteiger partial charge in [-0.1, -0.05) is 29.9 Å². The standard InChI is InChI=1S/C11H13ClN2O2S2/c1-2-18(15,16)6-5-13-11-14-9-4-3-8(12)7-10(9)17-11/h3-4,7H,2,5-6H2,1H3,(H,13,14). The Balaban J connectivity index is 2.04. The first kappa shape index (κ1) is 13.6. The van der Waals surface area contributed by atoms with Gasteiger partial charge in [-0.05, 0) is 18.2 Å². The average molecular weight is 305 g/mol. The van der Waals surface area contributed by atoms with Gasteiger partial charge < -0.3 is 5.32 Å². The van der Waals surface area contributed by atoms with E-state index in [-0.39, 0.29) is 11.5 Å². The van der Waals surface area contributed by atoms with Crippen molar-refractivity contribution in [3.05, 3.63) is 23.2 Å². The summed E-state index contributed by atoms with van der Waals surface area (Å²) < 4.78 is 23.7. The first-order valence-electron chi connectivity index (χ1n) is 5.50. The summed E-state index contributed by atoms with van der Waals surface area (Å²) in [6, 6.07) is 5.49. The van der Waals surface area contributed by atoms with Gasteiger partial charge in [-0.15, -0.1) is 0 Å². The molecule has 0 saturated carbocycles. The fourth-order valence-electron chi connectivity index (χ4n) is 1.43. The van der Waals surface area contributed by atoms with Crippen LogP contribution < -0.4 is 5.32 Å². The lowest BCUT2D eigenvalue weighted by molar-refractivity contribution is 0.597. The second-order valence-electron chi connectivity index (χ2n) is 3.79. The zero-order chi connectivity index (χ0) is 13.2. The number of thiazole rings is 1. The molecule has 1 aromatic carbocycles. The van der Waals surface area contributed by atoms with Crippen LogP contribution in [0.5, 0.6) is 0 Å². The largest absolute Gasteiger partial charge is 0.360 e. The normalized spacial score (nSPS) is 11.9. The average Bonchev–Trinajstić information content (AvgIpc) is 2.70. The van der Waals surface area contributed by atoms with Crippen LogP contribution in [-0.4, -0.2) is 31.5 Å². The summed E-state index contributed by atoms with van der Waals surface area (Å²) in [5.41, 5.74) is 0.866. The van der Waals surface area contributed by atoms with Crippen molar-refractivity contribution in [2.24, 2.45) is 0 Å². The lowest BCUT2D eigenvalue weighted by Gasteiger charge is -2.01. The molecule has 0 bridgehead atoms. The van der Waals surface area contributed by atoms with Crippen LogP contribution in [0.4, 0.5) is 5.13 Å². The number of aromatic nitrogens is 1. The predicted octanol–water partition coefficient (Wildman–Crippen LogP) is 2.80. The summed E-state index contributed by atoms with van der Waals surface area (Å²) in [7, 11) is -2.93. The number of hydrogen-bond acceptors (Lipinski definition) is 5. The highest BCUT2D eigenvalue weighted by Crippen LogP contribution is 2.28. The van der Waals surface area contributed by atoms with Crippen molar-refractivity contribution < 1.29 is 8.42 Å². The van der Waals surface area contributed by atoms with Gasteiger partial charge in [0.2, 0.25) is 0 Å². The van der Waals surface area contributed by atoms with Crippen LogP contribution in [0.1, 0.15) is 6.92 Å². The van der Waals surface area contributed by atoms with Crippen molar-refractivity contribution in [3.63, 3.8) is 0 Å². The summed E-state index contributed by atoms with van der Waals surface area (Å²) in [5, 5.41) is 4.42. The zero-order valence-corrected chi connectivity index (χ0v) is 12.2. The maximum atomic E-state index is 11.3. The van der Waals surface area contributed by atoms with Gasteiger partial charge in [-0.3, -0.25) is 0 Å². The molecule has 2 aromatic rings. The van der Waals surface area contributed by atoms with Gasteiger partial charge in [0, 0.05) is 17.3 Å². The molecule has 1 N–H and O–H groups in total. The number of nitrogens with zero attached hydrogens (tertiary/aromatic N) is 1. The molecule has 0 saturated heterocycles. The zero-order valence-electron chi connectivity index (χ0n) is 9.81. The Morgan fingerprint density at radius 1 is 1.44 bits per heavy atom. The Kier molecular flexibility index (Phi) is 4.09. The van der Waals surface area contributed by atoms with Gasteiger partial charge in [0.1, 0.15) is 0 Å². The molecule has 1 heterocycles. The number of fused-ring (bicyclic) bond motifs is 1. The highest BCUT2D eigenvalue weighted by Gasteiger charge is 2.08. The molecule has 0 spiro atoms. The smallest absolute Gasteiger partial charge is 0.183 e. The highest BCUT2D eigenvalue weighted by atomic mass is 35.5. The van der Waals surface area contributed by atoms with Crippen molar-refractivity contribution in [3.8, 4) is 0 Å². The molecule has 0 radical (unpaired) electrons. The Morgan fingerprint density at radius 3 is 2.94 bits per heavy atom. The lowest BCUT2D eigenvalue weighted by Crippen LogP contribution is -2.16. The molecular weight excluding hydrogens is 292 g/mol. The van der Waals surface area contributed by atoms with Gasteiger partial charge in [0.05, 0.1) is 16.0 Å². The van der Waals surface area contributed by atoms with E-state index in [1.165, 1.54) is 11.3 Å². The number of halogens is 1. The number of rotatable bonds is 5. The lowest BCUT2D eigenvalue weighted by atomic mass is 10.3. The van der Waals surface area contributed by atoms with Crippen molar-refractivity contribution in [1.82, 2.24) is 4.98 Å². The second-order valence-corrected chi connectivity index (χ2v) is 7.73. The molecule has 4 nitrogen and oxygen atoms in total. The Morgan fingerprint density at radius 2 is 2.22 bits per heavy atom. The molecule has 98 valence electrons. The van der Waals surface area contributed by atoms with Gasteiger partial charge in [0.15, 0.2) is 15.0 Å². The van der Waals surface area contributed by atoms with Crippen LogP contribution in [0.3, 0.4) is 0 Å². The van der Waals surface area contributed by atoms with E-state index in [4.69, 9.17) is 11.6 Å². The van der Waals surface area contributed by atoms with Crippen molar-refractivity contribution in [2.75, 3.05) is 23.4 Å². The summed E-state index contributed by atoms with van der Waals surface area (Å²) in [4.78, 5) is 4.35. The summed E-state index contributed by atoms with van der Waals surface area (Å²) >= 11 is 7.36. The fraction of sp³-hybridized carbons (Fsp3) is 0.364. The van der Waals surface area contributed by atoms with Gasteiger partial charge >= 0.3 is 0 Å². The topological polar surface area (TPSA) is 59.1 Å². The molecule has 0 aliphatic rings. The van der Waals surface area contributed by atoms with E-state index >= 15 is 0 Å². The molecule has 0 fully saturated rings. The minimum atomic E-state index is -2.93. The van der Waals surface area contributed by atoms with Crippen LogP contribution >= 0.6 is 22.9 Å². The minimum Gasteiger partial charge on any atom is -0.360 e. The third kappa shape index (κ3) is 3.34. The second kappa shape index (κ2) is 5.42. The molecule has 0 amide bonds. The van der Waals surface area contributed by atoms with E-state index in [0.717, 1.165) is 15.3 Å². The van der Waals surface area contributed by atoms with E-state index in [0.29, 0.717) is 11.6 Å². The van der Waals surface area contributed by atoms with Crippen molar-refractivity contribution in [1.29, 1.82) is 0 Å². The third-order valence-electron chi connectivity index (χ3n) is 2.48. The molecule has 2 rings (SSSR count). The molecule has 0 atom stereocenters. The Hall–Kier alpha value is -0.850. The fourth-order valence-corrected chi connectivity index (χ4v) is 3.30. The van der Waals surface area contributed by atoms with Crippen molar-refractivity contribution >= 4 is 48.1 Å². The van der Waals surface area contributed by atoms with Gasteiger partial charge in [-0.25, -0.2) is 13.4 Å². The number of nitrogens with one attached hydrogen (secondary N) is 1. The number of anilines is 1. The van der Waals surface area contributed by atoms with E-state index < -0.39 is 9.84 Å². The molecule has 0 aliphatic heterocycles. The third-order valence-corrected chi connectivity index (χ3v) is 5.40. The molecule has 0 aliphatic carbocycles. The van der Waals surface area contributed by atoms with E-state index in [2.05, 4.69) is 10.3 Å². The minimum absolute atomic E-state index is 0.125. The van der Waals surface area contributed by atoms with Crippen LogP contribution in [0.15, 0.2) is 18.2 Å². The predicted molar refractivity (Wildman–Crippen MR) is 77.4 cm³/mol. The van der Waals surface area contributed by atoms with E-state index in [9.17, 15) is 8.42 Å². The van der Waals surface area contributed by atoms with Crippen LogP contribution in [0.25, 0.3) is 10.2 Å². The highest BCUT2D eigenvalue weighted by molar-refractivity contribution is 7.91. The Labute approximate surface area is 115 Å². The van der Waals surface area contributed by atoms with Gasteiger partial charge in [-0.2, -0.15) is 0 Å². The summed E-state index contributed by atoms with van der Waals surface area (Å²) in [6.45, 7) is 2.03. The van der Waals surface area contributed by atoms with E-state index in [1.54, 1.807) is 13.0 Å². The Bertz CT molecular complexity index is 652. The van der Waals surface area contributed by atoms with Gasteiger partial charge in [0.25, 0.3) is 0 Å². The molecule has 1 aromatic heterocycles. The molecule has 7 heteroatoms. The summed E-state index contributed by atoms with van der Waals surface area (Å²) in [6.07, 6.45) is 0.